The number of halogens is 1. The Morgan fingerprint density at radius 3 is 2.00 bits per heavy atom. The Bertz CT molecular complexity index is 1230. The van der Waals surface area contributed by atoms with Crippen LogP contribution in [0, 0.1) is 23.7 Å². The van der Waals surface area contributed by atoms with Gasteiger partial charge in [0.2, 0.25) is 11.8 Å². The molecule has 0 unspecified atom stereocenters. The number of fused-ring (bicyclic) bond motifs is 2. The predicted molar refractivity (Wildman–Crippen MR) is 150 cm³/mol. The fraction of sp³-hybridized carbons (Fsp3) is 0.484. The lowest BCUT2D eigenvalue weighted by atomic mass is 9.76. The quantitative estimate of drug-likeness (QED) is 0.470. The lowest BCUT2D eigenvalue weighted by molar-refractivity contribution is -0.177. The molecule has 0 N–H and O–H groups in total. The van der Waals surface area contributed by atoms with Gasteiger partial charge in [0.25, 0.3) is 0 Å². The molecule has 2 aromatic carbocycles. The number of benzene rings is 2. The highest BCUT2D eigenvalue weighted by atomic mass is 79.9. The summed E-state index contributed by atoms with van der Waals surface area (Å²) in [5.74, 6) is 7.20. The van der Waals surface area contributed by atoms with E-state index in [0.29, 0.717) is 6.54 Å². The Labute approximate surface area is 229 Å². The van der Waals surface area contributed by atoms with Gasteiger partial charge in [-0.1, -0.05) is 72.0 Å². The fourth-order valence-electron chi connectivity index (χ4n) is 6.51. The number of amides is 2. The average Bonchev–Trinajstić information content (AvgIpc) is 2.88. The molecule has 194 valence electrons. The van der Waals surface area contributed by atoms with Crippen molar-refractivity contribution in [2.45, 2.75) is 63.7 Å². The summed E-state index contributed by atoms with van der Waals surface area (Å²) in [5.41, 5.74) is 3.16. The first kappa shape index (κ1) is 26.0. The summed E-state index contributed by atoms with van der Waals surface area (Å²) in [4.78, 5) is 34.3. The lowest BCUT2D eigenvalue weighted by Crippen LogP contribution is -2.69. The average molecular weight is 563 g/mol. The molecule has 6 atom stereocenters. The Kier molecular flexibility index (Phi) is 7.47. The Balaban J connectivity index is 1.47. The second-order valence-electron chi connectivity index (χ2n) is 11.2. The summed E-state index contributed by atoms with van der Waals surface area (Å²) in [5, 5.41) is 0. The SMILES string of the molecule is C[C@H]1CC[C@H]2C(=O)N3[C@H](c4ccccc4Br)[C@@H](C)CC[C@H]3C(=O)N2[C@@H]1c1ccc(C#CCN(C)C)cc1. The normalized spacial score (nSPS) is 29.5. The van der Waals surface area contributed by atoms with Crippen LogP contribution in [0.3, 0.4) is 0 Å². The minimum Gasteiger partial charge on any atom is -0.322 e. The van der Waals surface area contributed by atoms with E-state index in [0.717, 1.165) is 46.8 Å². The number of hydrogen-bond acceptors (Lipinski definition) is 3. The molecule has 2 aromatic rings. The zero-order valence-corrected chi connectivity index (χ0v) is 23.7. The standard InChI is InChI=1S/C31H36BrN3O2/c1-20-11-17-26-31(37)35-27(18-12-21(2)29(35)24-9-5-6-10-25(24)32)30(36)34(26)28(20)23-15-13-22(14-16-23)8-7-19-33(3)4/h5-6,9-10,13-16,20-21,26-29H,11-12,17-19H2,1-4H3/t20-,21-,26-,27-,28-,29-/m0/s1. The molecule has 0 aromatic heterocycles. The number of carbonyl (C=O) groups is 2. The van der Waals surface area contributed by atoms with Crippen LogP contribution >= 0.6 is 15.9 Å². The molecule has 5 rings (SSSR count). The van der Waals surface area contributed by atoms with Crippen LogP contribution < -0.4 is 0 Å². The molecule has 2 amide bonds. The zero-order valence-electron chi connectivity index (χ0n) is 22.2. The van der Waals surface area contributed by atoms with Crippen LogP contribution in [0.1, 0.15) is 68.3 Å². The lowest BCUT2D eigenvalue weighted by Gasteiger charge is -2.56. The molecular formula is C31H36BrN3O2. The number of nitrogens with zero attached hydrogens (tertiary/aromatic N) is 3. The van der Waals surface area contributed by atoms with Gasteiger partial charge in [-0.25, -0.2) is 0 Å². The van der Waals surface area contributed by atoms with E-state index in [1.54, 1.807) is 0 Å². The predicted octanol–water partition coefficient (Wildman–Crippen LogP) is 5.41. The van der Waals surface area contributed by atoms with Gasteiger partial charge >= 0.3 is 0 Å². The molecule has 0 saturated carbocycles. The molecule has 37 heavy (non-hydrogen) atoms. The number of carbonyl (C=O) groups excluding carboxylic acids is 2. The molecule has 6 heteroatoms. The van der Waals surface area contributed by atoms with Gasteiger partial charge in [0.15, 0.2) is 0 Å². The summed E-state index contributed by atoms with van der Waals surface area (Å²) in [6.45, 7) is 5.13. The zero-order chi connectivity index (χ0) is 26.3. The van der Waals surface area contributed by atoms with Gasteiger partial charge in [-0.15, -0.1) is 0 Å². The van der Waals surface area contributed by atoms with E-state index in [2.05, 4.69) is 59.8 Å². The van der Waals surface area contributed by atoms with Crippen LogP contribution in [0.4, 0.5) is 0 Å². The number of piperazine rings is 1. The number of piperidine rings is 2. The maximum Gasteiger partial charge on any atom is 0.246 e. The monoisotopic (exact) mass is 561 g/mol. The van der Waals surface area contributed by atoms with Crippen molar-refractivity contribution in [3.63, 3.8) is 0 Å². The molecular weight excluding hydrogens is 526 g/mol. The largest absolute Gasteiger partial charge is 0.322 e. The second-order valence-corrected chi connectivity index (χ2v) is 12.1. The first-order valence-electron chi connectivity index (χ1n) is 13.4. The highest BCUT2D eigenvalue weighted by molar-refractivity contribution is 9.10. The van der Waals surface area contributed by atoms with Gasteiger partial charge in [0.05, 0.1) is 18.6 Å². The maximum atomic E-state index is 14.2. The van der Waals surface area contributed by atoms with E-state index < -0.39 is 12.1 Å². The van der Waals surface area contributed by atoms with E-state index in [4.69, 9.17) is 0 Å². The van der Waals surface area contributed by atoms with E-state index in [1.165, 1.54) is 0 Å². The van der Waals surface area contributed by atoms with Crippen molar-refractivity contribution in [3.05, 3.63) is 69.7 Å². The summed E-state index contributed by atoms with van der Waals surface area (Å²) >= 11 is 3.71. The third kappa shape index (κ3) is 4.84. The second kappa shape index (κ2) is 10.6. The van der Waals surface area contributed by atoms with Gasteiger partial charge in [0.1, 0.15) is 12.1 Å². The molecule has 3 heterocycles. The van der Waals surface area contributed by atoms with Gasteiger partial charge in [-0.3, -0.25) is 14.5 Å². The molecule has 3 aliphatic rings. The highest BCUT2D eigenvalue weighted by Gasteiger charge is 2.55. The van der Waals surface area contributed by atoms with Crippen molar-refractivity contribution in [2.24, 2.45) is 11.8 Å². The molecule has 3 aliphatic heterocycles. The third-order valence-corrected chi connectivity index (χ3v) is 9.05. The molecule has 0 aliphatic carbocycles. The van der Waals surface area contributed by atoms with Gasteiger partial charge in [0, 0.05) is 10.0 Å². The van der Waals surface area contributed by atoms with E-state index in [-0.39, 0.29) is 35.7 Å². The van der Waals surface area contributed by atoms with Crippen LogP contribution in [-0.2, 0) is 9.59 Å². The first-order valence-corrected chi connectivity index (χ1v) is 14.2. The van der Waals surface area contributed by atoms with Crippen molar-refractivity contribution in [1.82, 2.24) is 14.7 Å². The van der Waals surface area contributed by atoms with Crippen molar-refractivity contribution in [2.75, 3.05) is 20.6 Å². The first-order chi connectivity index (χ1) is 17.8. The van der Waals surface area contributed by atoms with E-state index in [1.807, 2.05) is 59.1 Å². The molecule has 3 fully saturated rings. The van der Waals surface area contributed by atoms with E-state index in [9.17, 15) is 9.59 Å². The molecule has 0 radical (unpaired) electrons. The molecule has 0 bridgehead atoms. The topological polar surface area (TPSA) is 43.9 Å². The summed E-state index contributed by atoms with van der Waals surface area (Å²) in [6, 6.07) is 15.4. The smallest absolute Gasteiger partial charge is 0.246 e. The fourth-order valence-corrected chi connectivity index (χ4v) is 7.03. The minimum absolute atomic E-state index is 0.0919. The van der Waals surface area contributed by atoms with Crippen LogP contribution in [0.5, 0.6) is 0 Å². The van der Waals surface area contributed by atoms with E-state index >= 15 is 0 Å². The highest BCUT2D eigenvalue weighted by Crippen LogP contribution is 2.48. The summed E-state index contributed by atoms with van der Waals surface area (Å²) in [7, 11) is 4.01. The third-order valence-electron chi connectivity index (χ3n) is 8.32. The Morgan fingerprint density at radius 2 is 1.41 bits per heavy atom. The Hall–Kier alpha value is -2.62. The molecule has 3 saturated heterocycles. The van der Waals surface area contributed by atoms with Crippen LogP contribution in [0.15, 0.2) is 53.0 Å². The summed E-state index contributed by atoms with van der Waals surface area (Å²) < 4.78 is 0.999. The van der Waals surface area contributed by atoms with Crippen molar-refractivity contribution >= 4 is 27.7 Å². The van der Waals surface area contributed by atoms with Crippen molar-refractivity contribution in [1.29, 1.82) is 0 Å². The Morgan fingerprint density at radius 1 is 0.838 bits per heavy atom. The van der Waals surface area contributed by atoms with Gasteiger partial charge in [-0.05, 0) is 80.9 Å². The number of hydrogen-bond donors (Lipinski definition) is 0. The molecule has 0 spiro atoms. The van der Waals surface area contributed by atoms with Crippen LogP contribution in [0.2, 0.25) is 0 Å². The summed E-state index contributed by atoms with van der Waals surface area (Å²) in [6.07, 6.45) is 3.28. The minimum atomic E-state index is -0.403. The van der Waals surface area contributed by atoms with Crippen molar-refractivity contribution < 1.29 is 9.59 Å². The van der Waals surface area contributed by atoms with Crippen molar-refractivity contribution in [3.8, 4) is 11.8 Å². The van der Waals surface area contributed by atoms with Gasteiger partial charge in [-0.2, -0.15) is 0 Å². The van der Waals surface area contributed by atoms with Crippen LogP contribution in [0.25, 0.3) is 0 Å². The molecule has 5 nitrogen and oxygen atoms in total. The maximum absolute atomic E-state index is 14.2. The van der Waals surface area contributed by atoms with Gasteiger partial charge < -0.3 is 9.80 Å². The number of rotatable bonds is 3. The van der Waals surface area contributed by atoms with Crippen LogP contribution in [-0.4, -0.2) is 59.2 Å².